The van der Waals surface area contributed by atoms with Crippen molar-refractivity contribution >= 4 is 11.9 Å². The molecule has 3 rings (SSSR count). The van der Waals surface area contributed by atoms with Gasteiger partial charge in [-0.3, -0.25) is 4.79 Å². The Morgan fingerprint density at radius 3 is 2.66 bits per heavy atom. The Morgan fingerprint density at radius 2 is 2.03 bits per heavy atom. The van der Waals surface area contributed by atoms with Crippen LogP contribution in [0.4, 0.5) is 4.39 Å². The molecule has 0 saturated carbocycles. The SMILES string of the molecule is CC(C)[C@@](C)(C#N)NC(=O)COC(=O)c1nn(-c2ccc(F)cc2)c2c1CCC2. The van der Waals surface area contributed by atoms with Crippen LogP contribution in [0.3, 0.4) is 0 Å². The van der Waals surface area contributed by atoms with E-state index in [0.717, 1.165) is 24.1 Å². The molecule has 0 bridgehead atoms. The van der Waals surface area contributed by atoms with E-state index in [1.807, 2.05) is 13.8 Å². The maximum atomic E-state index is 13.2. The van der Waals surface area contributed by atoms with Gasteiger partial charge in [-0.05, 0) is 56.4 Å². The summed E-state index contributed by atoms with van der Waals surface area (Å²) in [6.45, 7) is 4.76. The van der Waals surface area contributed by atoms with Gasteiger partial charge in [0.25, 0.3) is 5.91 Å². The molecule has 0 fully saturated rings. The minimum atomic E-state index is -1.05. The Balaban J connectivity index is 1.74. The van der Waals surface area contributed by atoms with Gasteiger partial charge in [-0.25, -0.2) is 13.9 Å². The third-order valence-electron chi connectivity index (χ3n) is 5.32. The summed E-state index contributed by atoms with van der Waals surface area (Å²) in [6.07, 6.45) is 2.32. The molecule has 1 heterocycles. The molecule has 2 aromatic rings. The first-order valence-electron chi connectivity index (χ1n) is 9.51. The van der Waals surface area contributed by atoms with Crippen LogP contribution in [0.2, 0.25) is 0 Å². The number of fused-ring (bicyclic) bond motifs is 1. The lowest BCUT2D eigenvalue weighted by Crippen LogP contribution is -2.50. The van der Waals surface area contributed by atoms with Gasteiger partial charge in [-0.15, -0.1) is 0 Å². The normalized spacial score (nSPS) is 14.8. The largest absolute Gasteiger partial charge is 0.451 e. The van der Waals surface area contributed by atoms with Gasteiger partial charge in [-0.1, -0.05) is 13.8 Å². The van der Waals surface area contributed by atoms with Gasteiger partial charge in [0.2, 0.25) is 0 Å². The van der Waals surface area contributed by atoms with Crippen molar-refractivity contribution in [2.24, 2.45) is 5.92 Å². The van der Waals surface area contributed by atoms with Gasteiger partial charge in [0.15, 0.2) is 12.3 Å². The highest BCUT2D eigenvalue weighted by atomic mass is 19.1. The average molecular weight is 398 g/mol. The molecule has 0 unspecified atom stereocenters. The number of rotatable bonds is 6. The summed E-state index contributed by atoms with van der Waals surface area (Å²) in [5.74, 6) is -1.70. The second-order valence-corrected chi connectivity index (χ2v) is 7.61. The van der Waals surface area contributed by atoms with Crippen LogP contribution in [0.1, 0.15) is 48.9 Å². The fourth-order valence-electron chi connectivity index (χ4n) is 3.22. The Bertz CT molecular complexity index is 975. The van der Waals surface area contributed by atoms with Gasteiger partial charge < -0.3 is 10.1 Å². The number of ether oxygens (including phenoxy) is 1. The topological polar surface area (TPSA) is 97.0 Å². The summed E-state index contributed by atoms with van der Waals surface area (Å²) in [6, 6.07) is 7.93. The Morgan fingerprint density at radius 1 is 1.34 bits per heavy atom. The summed E-state index contributed by atoms with van der Waals surface area (Å²) in [4.78, 5) is 24.7. The molecular formula is C21H23FN4O3. The van der Waals surface area contributed by atoms with Crippen molar-refractivity contribution in [3.63, 3.8) is 0 Å². The van der Waals surface area contributed by atoms with E-state index in [1.165, 1.54) is 12.1 Å². The number of hydrogen-bond donors (Lipinski definition) is 1. The van der Waals surface area contributed by atoms with Crippen LogP contribution in [-0.4, -0.2) is 33.8 Å². The van der Waals surface area contributed by atoms with Crippen LogP contribution >= 0.6 is 0 Å². The minimum Gasteiger partial charge on any atom is -0.451 e. The number of esters is 1. The third kappa shape index (κ3) is 4.14. The smallest absolute Gasteiger partial charge is 0.359 e. The predicted octanol–water partition coefficient (Wildman–Crippen LogP) is 2.71. The maximum Gasteiger partial charge on any atom is 0.359 e. The van der Waals surface area contributed by atoms with Crippen molar-refractivity contribution in [2.75, 3.05) is 6.61 Å². The highest BCUT2D eigenvalue weighted by Gasteiger charge is 2.31. The number of carbonyl (C=O) groups excluding carboxylic acids is 2. The summed E-state index contributed by atoms with van der Waals surface area (Å²) in [5, 5.41) is 16.2. The van der Waals surface area contributed by atoms with Crippen LogP contribution in [0, 0.1) is 23.1 Å². The van der Waals surface area contributed by atoms with E-state index in [-0.39, 0.29) is 17.4 Å². The van der Waals surface area contributed by atoms with E-state index in [0.29, 0.717) is 12.1 Å². The quantitative estimate of drug-likeness (QED) is 0.755. The highest BCUT2D eigenvalue weighted by Crippen LogP contribution is 2.28. The molecule has 29 heavy (non-hydrogen) atoms. The van der Waals surface area contributed by atoms with Gasteiger partial charge in [0.05, 0.1) is 11.8 Å². The molecule has 1 atom stereocenters. The second kappa shape index (κ2) is 8.03. The molecule has 0 spiro atoms. The summed E-state index contributed by atoms with van der Waals surface area (Å²) < 4.78 is 20.0. The van der Waals surface area contributed by atoms with Crippen LogP contribution < -0.4 is 5.32 Å². The average Bonchev–Trinajstić information content (AvgIpc) is 3.29. The van der Waals surface area contributed by atoms with E-state index >= 15 is 0 Å². The number of carbonyl (C=O) groups is 2. The van der Waals surface area contributed by atoms with Crippen molar-refractivity contribution in [3.05, 3.63) is 47.0 Å². The van der Waals surface area contributed by atoms with E-state index in [1.54, 1.807) is 23.7 Å². The zero-order valence-electron chi connectivity index (χ0n) is 16.7. The van der Waals surface area contributed by atoms with E-state index in [2.05, 4.69) is 16.5 Å². The number of nitrogens with zero attached hydrogens (tertiary/aromatic N) is 3. The summed E-state index contributed by atoms with van der Waals surface area (Å²) in [7, 11) is 0. The molecule has 0 radical (unpaired) electrons. The van der Waals surface area contributed by atoms with Crippen molar-refractivity contribution < 1.29 is 18.7 Å². The molecule has 1 aliphatic rings. The van der Waals surface area contributed by atoms with Gasteiger partial charge in [0, 0.05) is 11.3 Å². The van der Waals surface area contributed by atoms with Crippen LogP contribution in [0.5, 0.6) is 0 Å². The molecule has 1 aliphatic carbocycles. The lowest BCUT2D eigenvalue weighted by atomic mass is 9.90. The fourth-order valence-corrected chi connectivity index (χ4v) is 3.22. The van der Waals surface area contributed by atoms with Crippen molar-refractivity contribution in [1.82, 2.24) is 15.1 Å². The lowest BCUT2D eigenvalue weighted by molar-refractivity contribution is -0.125. The summed E-state index contributed by atoms with van der Waals surface area (Å²) >= 11 is 0. The molecule has 0 saturated heterocycles. The highest BCUT2D eigenvalue weighted by molar-refractivity contribution is 5.91. The van der Waals surface area contributed by atoms with Crippen molar-refractivity contribution in [3.8, 4) is 11.8 Å². The lowest BCUT2D eigenvalue weighted by Gasteiger charge is -2.27. The molecule has 7 nitrogen and oxygen atoms in total. The summed E-state index contributed by atoms with van der Waals surface area (Å²) in [5.41, 5.74) is 1.47. The number of aromatic nitrogens is 2. The molecule has 1 aromatic carbocycles. The third-order valence-corrected chi connectivity index (χ3v) is 5.32. The Labute approximate surface area is 168 Å². The molecular weight excluding hydrogens is 375 g/mol. The number of benzene rings is 1. The number of nitriles is 1. The van der Waals surface area contributed by atoms with Crippen LogP contribution in [0.25, 0.3) is 5.69 Å². The first-order chi connectivity index (χ1) is 13.7. The first-order valence-corrected chi connectivity index (χ1v) is 9.51. The maximum absolute atomic E-state index is 13.2. The zero-order valence-corrected chi connectivity index (χ0v) is 16.7. The standard InChI is InChI=1S/C21H23FN4O3/c1-13(2)21(3,12-23)24-18(27)11-29-20(28)19-16-5-4-6-17(16)26(25-19)15-9-7-14(22)8-10-15/h7-10,13H,4-6,11H2,1-3H3,(H,24,27)/t21-/m1/s1. The minimum absolute atomic E-state index is 0.109. The zero-order chi connectivity index (χ0) is 21.2. The van der Waals surface area contributed by atoms with E-state index in [4.69, 9.17) is 4.74 Å². The number of hydrogen-bond acceptors (Lipinski definition) is 5. The van der Waals surface area contributed by atoms with Crippen molar-refractivity contribution in [1.29, 1.82) is 5.26 Å². The first kappa shape index (κ1) is 20.5. The van der Waals surface area contributed by atoms with Gasteiger partial charge in [-0.2, -0.15) is 10.4 Å². The molecule has 1 amide bonds. The van der Waals surface area contributed by atoms with Crippen LogP contribution in [-0.2, 0) is 22.4 Å². The fraction of sp³-hybridized carbons (Fsp3) is 0.429. The molecule has 152 valence electrons. The Kier molecular flexibility index (Phi) is 5.69. The van der Waals surface area contributed by atoms with E-state index < -0.39 is 24.0 Å². The molecule has 8 heteroatoms. The second-order valence-electron chi connectivity index (χ2n) is 7.61. The predicted molar refractivity (Wildman–Crippen MR) is 103 cm³/mol. The molecule has 1 N–H and O–H groups in total. The number of amides is 1. The van der Waals surface area contributed by atoms with Gasteiger partial charge in [0.1, 0.15) is 11.4 Å². The van der Waals surface area contributed by atoms with Crippen molar-refractivity contribution in [2.45, 2.75) is 45.6 Å². The Hall–Kier alpha value is -3.21. The monoisotopic (exact) mass is 398 g/mol. The molecule has 0 aliphatic heterocycles. The number of nitrogens with one attached hydrogen (secondary N) is 1. The van der Waals surface area contributed by atoms with E-state index in [9.17, 15) is 19.2 Å². The molecule has 1 aromatic heterocycles. The van der Waals surface area contributed by atoms with Gasteiger partial charge >= 0.3 is 5.97 Å². The number of halogens is 1. The van der Waals surface area contributed by atoms with Crippen LogP contribution in [0.15, 0.2) is 24.3 Å².